The molecule has 0 aromatic carbocycles. The van der Waals surface area contributed by atoms with Crippen molar-refractivity contribution in [3.8, 4) is 0 Å². The first-order valence-electron chi connectivity index (χ1n) is 7.75. The van der Waals surface area contributed by atoms with E-state index in [0.29, 0.717) is 11.8 Å². The lowest BCUT2D eigenvalue weighted by atomic mass is 9.65. The minimum absolute atomic E-state index is 0.134. The molecule has 2 nitrogen and oxygen atoms in total. The van der Waals surface area contributed by atoms with Gasteiger partial charge in [-0.1, -0.05) is 20.8 Å². The molecule has 18 heavy (non-hydrogen) atoms. The van der Waals surface area contributed by atoms with Crippen LogP contribution in [0.15, 0.2) is 0 Å². The van der Waals surface area contributed by atoms with Gasteiger partial charge < -0.3 is 5.32 Å². The molecule has 3 aliphatic rings. The van der Waals surface area contributed by atoms with Gasteiger partial charge in [-0.05, 0) is 61.7 Å². The van der Waals surface area contributed by atoms with E-state index in [-0.39, 0.29) is 11.4 Å². The van der Waals surface area contributed by atoms with Crippen LogP contribution in [-0.2, 0) is 4.79 Å². The highest BCUT2D eigenvalue weighted by molar-refractivity contribution is 5.76. The van der Waals surface area contributed by atoms with Gasteiger partial charge >= 0.3 is 0 Å². The van der Waals surface area contributed by atoms with Gasteiger partial charge in [0.25, 0.3) is 0 Å². The molecule has 0 heterocycles. The van der Waals surface area contributed by atoms with E-state index in [0.717, 1.165) is 17.8 Å². The van der Waals surface area contributed by atoms with E-state index < -0.39 is 0 Å². The summed E-state index contributed by atoms with van der Waals surface area (Å²) in [5, 5.41) is 3.43. The summed E-state index contributed by atoms with van der Waals surface area (Å²) in [5.41, 5.74) is 0.643. The molecule has 0 spiro atoms. The SMILES string of the molecule is CCC(=O)NC12CC(C)C[C@H]3CC(C)(CC3C1)C2. The van der Waals surface area contributed by atoms with Crippen molar-refractivity contribution in [2.45, 2.75) is 71.3 Å². The summed E-state index contributed by atoms with van der Waals surface area (Å²) in [4.78, 5) is 11.9. The van der Waals surface area contributed by atoms with Crippen molar-refractivity contribution in [3.05, 3.63) is 0 Å². The summed E-state index contributed by atoms with van der Waals surface area (Å²) < 4.78 is 0. The number of amides is 1. The van der Waals surface area contributed by atoms with Gasteiger partial charge in [-0.15, -0.1) is 0 Å². The number of carbonyl (C=O) groups excluding carboxylic acids is 1. The molecule has 0 radical (unpaired) electrons. The van der Waals surface area contributed by atoms with Gasteiger partial charge in [-0.25, -0.2) is 0 Å². The summed E-state index contributed by atoms with van der Waals surface area (Å²) in [5.74, 6) is 2.85. The van der Waals surface area contributed by atoms with E-state index in [1.165, 1.54) is 38.5 Å². The molecule has 3 aliphatic carbocycles. The second-order valence-electron chi connectivity index (χ2n) is 7.85. The highest BCUT2D eigenvalue weighted by Crippen LogP contribution is 2.61. The zero-order valence-electron chi connectivity index (χ0n) is 12.1. The lowest BCUT2D eigenvalue weighted by Gasteiger charge is -2.46. The standard InChI is InChI=1S/C16H27NO/c1-4-14(18)17-16-6-11(2)5-12-7-15(3,10-16)8-13(12)9-16/h11-13H,4-10H2,1-3H3,(H,17,18)/t11?,12-,13?,15?,16?/m0/s1. The molecule has 0 aromatic rings. The average Bonchev–Trinajstić information content (AvgIpc) is 2.42. The Kier molecular flexibility index (Phi) is 2.76. The van der Waals surface area contributed by atoms with E-state index in [1.807, 2.05) is 6.92 Å². The highest BCUT2D eigenvalue weighted by atomic mass is 16.1. The molecule has 0 aromatic heterocycles. The molecule has 3 fully saturated rings. The fourth-order valence-corrected chi connectivity index (χ4v) is 5.69. The normalized spacial score (nSPS) is 50.1. The number of fused-ring (bicyclic) bond motifs is 2. The Morgan fingerprint density at radius 2 is 1.94 bits per heavy atom. The molecule has 102 valence electrons. The van der Waals surface area contributed by atoms with E-state index in [9.17, 15) is 4.79 Å². The molecule has 4 unspecified atom stereocenters. The maximum absolute atomic E-state index is 11.9. The van der Waals surface area contributed by atoms with Gasteiger partial charge in [-0.3, -0.25) is 4.79 Å². The Morgan fingerprint density at radius 1 is 1.22 bits per heavy atom. The van der Waals surface area contributed by atoms with Crippen LogP contribution in [-0.4, -0.2) is 11.4 Å². The Hall–Kier alpha value is -0.530. The molecule has 1 amide bonds. The van der Waals surface area contributed by atoms with E-state index in [1.54, 1.807) is 0 Å². The number of carbonyl (C=O) groups is 1. The first kappa shape index (κ1) is 12.5. The van der Waals surface area contributed by atoms with Crippen LogP contribution in [0.25, 0.3) is 0 Å². The van der Waals surface area contributed by atoms with Crippen molar-refractivity contribution in [2.24, 2.45) is 23.2 Å². The number of hydrogen-bond donors (Lipinski definition) is 1. The third-order valence-electron chi connectivity index (χ3n) is 5.76. The molecule has 3 saturated carbocycles. The van der Waals surface area contributed by atoms with E-state index in [2.05, 4.69) is 19.2 Å². The second-order valence-corrected chi connectivity index (χ2v) is 7.85. The van der Waals surface area contributed by atoms with Gasteiger partial charge in [0.1, 0.15) is 0 Å². The second kappa shape index (κ2) is 3.98. The number of hydrogen-bond acceptors (Lipinski definition) is 1. The quantitative estimate of drug-likeness (QED) is 0.797. The van der Waals surface area contributed by atoms with Crippen molar-refractivity contribution in [1.29, 1.82) is 0 Å². The van der Waals surface area contributed by atoms with Crippen LogP contribution in [0.5, 0.6) is 0 Å². The van der Waals surface area contributed by atoms with Gasteiger partial charge in [0.2, 0.25) is 5.91 Å². The molecule has 0 aliphatic heterocycles. The summed E-state index contributed by atoms with van der Waals surface area (Å²) >= 11 is 0. The maximum Gasteiger partial charge on any atom is 0.220 e. The minimum Gasteiger partial charge on any atom is -0.351 e. The summed E-state index contributed by atoms with van der Waals surface area (Å²) in [7, 11) is 0. The van der Waals surface area contributed by atoms with Crippen LogP contribution in [0.2, 0.25) is 0 Å². The van der Waals surface area contributed by atoms with Crippen LogP contribution in [0.3, 0.4) is 0 Å². The maximum atomic E-state index is 11.9. The van der Waals surface area contributed by atoms with Crippen LogP contribution in [0.1, 0.15) is 65.7 Å². The largest absolute Gasteiger partial charge is 0.351 e. The zero-order chi connectivity index (χ0) is 13.0. The van der Waals surface area contributed by atoms with Crippen LogP contribution < -0.4 is 5.32 Å². The third kappa shape index (κ3) is 1.98. The molecular formula is C16H27NO. The lowest BCUT2D eigenvalue weighted by Crippen LogP contribution is -2.54. The first-order chi connectivity index (χ1) is 8.44. The Morgan fingerprint density at radius 3 is 2.67 bits per heavy atom. The summed E-state index contributed by atoms with van der Waals surface area (Å²) in [6.45, 7) is 6.81. The van der Waals surface area contributed by atoms with Crippen LogP contribution in [0, 0.1) is 23.2 Å². The summed E-state index contributed by atoms with van der Waals surface area (Å²) in [6.07, 6.45) is 8.53. The van der Waals surface area contributed by atoms with E-state index >= 15 is 0 Å². The topological polar surface area (TPSA) is 29.1 Å². The van der Waals surface area contributed by atoms with Gasteiger partial charge in [0.15, 0.2) is 0 Å². The summed E-state index contributed by atoms with van der Waals surface area (Å²) in [6, 6.07) is 0. The molecule has 5 atom stereocenters. The monoisotopic (exact) mass is 249 g/mol. The van der Waals surface area contributed by atoms with Gasteiger partial charge in [-0.2, -0.15) is 0 Å². The van der Waals surface area contributed by atoms with Gasteiger partial charge in [0, 0.05) is 12.0 Å². The predicted molar refractivity (Wildman–Crippen MR) is 73.1 cm³/mol. The highest BCUT2D eigenvalue weighted by Gasteiger charge is 2.56. The van der Waals surface area contributed by atoms with Crippen molar-refractivity contribution in [2.75, 3.05) is 0 Å². The minimum atomic E-state index is 0.134. The third-order valence-corrected chi connectivity index (χ3v) is 5.76. The average molecular weight is 249 g/mol. The van der Waals surface area contributed by atoms with Crippen molar-refractivity contribution in [1.82, 2.24) is 5.32 Å². The van der Waals surface area contributed by atoms with Crippen molar-refractivity contribution in [3.63, 3.8) is 0 Å². The zero-order valence-corrected chi connectivity index (χ0v) is 12.1. The Bertz CT molecular complexity index is 366. The fourth-order valence-electron chi connectivity index (χ4n) is 5.69. The first-order valence-corrected chi connectivity index (χ1v) is 7.75. The van der Waals surface area contributed by atoms with Crippen LogP contribution >= 0.6 is 0 Å². The van der Waals surface area contributed by atoms with Crippen LogP contribution in [0.4, 0.5) is 0 Å². The lowest BCUT2D eigenvalue weighted by molar-refractivity contribution is -0.124. The Labute approximate surface area is 111 Å². The van der Waals surface area contributed by atoms with E-state index in [4.69, 9.17) is 0 Å². The molecule has 3 bridgehead atoms. The molecule has 0 saturated heterocycles. The molecule has 2 heteroatoms. The fraction of sp³-hybridized carbons (Fsp3) is 0.938. The molecule has 1 N–H and O–H groups in total. The van der Waals surface area contributed by atoms with Gasteiger partial charge in [0.05, 0.1) is 0 Å². The molecule has 3 rings (SSSR count). The predicted octanol–water partition coefficient (Wildman–Crippen LogP) is 3.51. The number of rotatable bonds is 2. The smallest absolute Gasteiger partial charge is 0.220 e. The van der Waals surface area contributed by atoms with Crippen molar-refractivity contribution < 1.29 is 4.79 Å². The van der Waals surface area contributed by atoms with Crippen molar-refractivity contribution >= 4 is 5.91 Å². The molecular weight excluding hydrogens is 222 g/mol. The number of nitrogens with one attached hydrogen (secondary N) is 1. The Balaban J connectivity index is 1.90.